The van der Waals surface area contributed by atoms with Crippen LogP contribution in [0, 0.1) is 18.8 Å². The van der Waals surface area contributed by atoms with E-state index in [0.717, 1.165) is 55.8 Å². The van der Waals surface area contributed by atoms with E-state index in [9.17, 15) is 4.79 Å². The van der Waals surface area contributed by atoms with Crippen molar-refractivity contribution in [2.24, 2.45) is 16.8 Å². The molecule has 0 radical (unpaired) electrons. The molecule has 2 unspecified atom stereocenters. The average molecular weight is 365 g/mol. The van der Waals surface area contributed by atoms with E-state index >= 15 is 0 Å². The Morgan fingerprint density at radius 1 is 1.33 bits per heavy atom. The molecular formula is C22H27N3O2. The van der Waals surface area contributed by atoms with E-state index in [1.54, 1.807) is 6.21 Å². The Kier molecular flexibility index (Phi) is 5.39. The van der Waals surface area contributed by atoms with Crippen LogP contribution in [-0.2, 0) is 16.1 Å². The van der Waals surface area contributed by atoms with Crippen LogP contribution < -0.4 is 5.32 Å². The van der Waals surface area contributed by atoms with E-state index in [-0.39, 0.29) is 5.91 Å². The lowest BCUT2D eigenvalue weighted by atomic mass is 9.92. The van der Waals surface area contributed by atoms with Gasteiger partial charge in [-0.05, 0) is 67.2 Å². The van der Waals surface area contributed by atoms with Gasteiger partial charge in [0.2, 0.25) is 0 Å². The first-order chi connectivity index (χ1) is 13.2. The van der Waals surface area contributed by atoms with Crippen molar-refractivity contribution < 1.29 is 9.53 Å². The minimum atomic E-state index is -0.0435. The number of aliphatic imine (C=N–C) groups is 1. The zero-order valence-electron chi connectivity index (χ0n) is 15.8. The number of aromatic nitrogens is 1. The molecule has 2 atom stereocenters. The summed E-state index contributed by atoms with van der Waals surface area (Å²) >= 11 is 0. The molecule has 0 bridgehead atoms. The van der Waals surface area contributed by atoms with Crippen molar-refractivity contribution >= 4 is 23.0 Å². The summed E-state index contributed by atoms with van der Waals surface area (Å²) in [5, 5.41) is 4.20. The summed E-state index contributed by atoms with van der Waals surface area (Å²) in [5.74, 6) is 0.988. The Bertz CT molecular complexity index is 875. The van der Waals surface area contributed by atoms with Gasteiger partial charge in [0, 0.05) is 43.7 Å². The first kappa shape index (κ1) is 18.0. The van der Waals surface area contributed by atoms with Crippen molar-refractivity contribution in [3.8, 4) is 0 Å². The van der Waals surface area contributed by atoms with Crippen molar-refractivity contribution in [2.75, 3.05) is 19.8 Å². The molecule has 5 nitrogen and oxygen atoms in total. The van der Waals surface area contributed by atoms with Crippen molar-refractivity contribution in [2.45, 2.75) is 32.7 Å². The molecule has 1 aromatic heterocycles. The number of hydrogen-bond acceptors (Lipinski definition) is 3. The first-order valence-electron chi connectivity index (χ1n) is 9.83. The molecule has 4 rings (SSSR count). The molecule has 1 aromatic carbocycles. The number of aromatic amines is 1. The lowest BCUT2D eigenvalue weighted by Crippen LogP contribution is -2.27. The molecule has 2 aliphatic rings. The quantitative estimate of drug-likeness (QED) is 0.822. The minimum Gasteiger partial charge on any atom is -0.381 e. The molecule has 27 heavy (non-hydrogen) atoms. The van der Waals surface area contributed by atoms with E-state index in [1.165, 1.54) is 5.39 Å². The van der Waals surface area contributed by atoms with E-state index in [2.05, 4.69) is 39.6 Å². The van der Waals surface area contributed by atoms with E-state index < -0.39 is 0 Å². The van der Waals surface area contributed by atoms with Gasteiger partial charge in [-0.3, -0.25) is 9.79 Å². The van der Waals surface area contributed by atoms with Gasteiger partial charge < -0.3 is 15.0 Å². The Labute approximate surface area is 159 Å². The van der Waals surface area contributed by atoms with Crippen LogP contribution in [-0.4, -0.2) is 36.9 Å². The van der Waals surface area contributed by atoms with Crippen LogP contribution in [0.3, 0.4) is 0 Å². The summed E-state index contributed by atoms with van der Waals surface area (Å²) in [6.45, 7) is 5.14. The standard InChI is InChI=1S/C22H27N3O2/c1-15-8-19-9-18(4-5-21(19)25-15)12-24-22(26)20-10-17(11-23-13-20)3-2-16-6-7-27-14-16/h4-5,8-10,13,16-17,25H,2-3,6-7,11-12,14H2,1H3,(H,24,26). The number of amides is 1. The summed E-state index contributed by atoms with van der Waals surface area (Å²) in [5.41, 5.74) is 4.05. The molecule has 2 aliphatic heterocycles. The number of H-pyrrole nitrogens is 1. The van der Waals surface area contributed by atoms with Gasteiger partial charge in [-0.15, -0.1) is 0 Å². The Morgan fingerprint density at radius 2 is 2.26 bits per heavy atom. The number of aryl methyl sites for hydroxylation is 1. The van der Waals surface area contributed by atoms with Gasteiger partial charge in [-0.2, -0.15) is 0 Å². The molecule has 2 aromatic rings. The highest BCUT2D eigenvalue weighted by Crippen LogP contribution is 2.23. The van der Waals surface area contributed by atoms with Crippen molar-refractivity contribution in [1.29, 1.82) is 0 Å². The Morgan fingerprint density at radius 3 is 3.11 bits per heavy atom. The number of nitrogens with one attached hydrogen (secondary N) is 2. The van der Waals surface area contributed by atoms with Gasteiger partial charge in [0.15, 0.2) is 0 Å². The zero-order chi connectivity index (χ0) is 18.6. The Hall–Kier alpha value is -2.40. The fraction of sp³-hybridized carbons (Fsp3) is 0.455. The van der Waals surface area contributed by atoms with Gasteiger partial charge in [-0.25, -0.2) is 0 Å². The summed E-state index contributed by atoms with van der Waals surface area (Å²) in [7, 11) is 0. The maximum atomic E-state index is 12.5. The van der Waals surface area contributed by atoms with Crippen LogP contribution in [0.15, 0.2) is 40.9 Å². The fourth-order valence-corrected chi connectivity index (χ4v) is 3.93. The molecule has 0 aliphatic carbocycles. The fourth-order valence-electron chi connectivity index (χ4n) is 3.93. The zero-order valence-corrected chi connectivity index (χ0v) is 15.8. The highest BCUT2D eigenvalue weighted by atomic mass is 16.5. The smallest absolute Gasteiger partial charge is 0.252 e. The average Bonchev–Trinajstić information content (AvgIpc) is 3.32. The second-order valence-electron chi connectivity index (χ2n) is 7.74. The topological polar surface area (TPSA) is 66.5 Å². The number of hydrogen-bond donors (Lipinski definition) is 2. The molecule has 142 valence electrons. The highest BCUT2D eigenvalue weighted by Gasteiger charge is 2.20. The summed E-state index contributed by atoms with van der Waals surface area (Å²) in [4.78, 5) is 20.3. The second-order valence-corrected chi connectivity index (χ2v) is 7.74. The number of ether oxygens (including phenoxy) is 1. The second kappa shape index (κ2) is 8.09. The molecular weight excluding hydrogens is 338 g/mol. The predicted molar refractivity (Wildman–Crippen MR) is 108 cm³/mol. The maximum absolute atomic E-state index is 12.5. The molecule has 0 saturated carbocycles. The Balaban J connectivity index is 1.32. The first-order valence-corrected chi connectivity index (χ1v) is 9.83. The predicted octanol–water partition coefficient (Wildman–Crippen LogP) is 3.54. The molecule has 0 spiro atoms. The summed E-state index contributed by atoms with van der Waals surface area (Å²) in [6.07, 6.45) is 7.20. The number of benzene rings is 1. The van der Waals surface area contributed by atoms with Crippen LogP contribution in [0.5, 0.6) is 0 Å². The van der Waals surface area contributed by atoms with E-state index in [1.807, 2.05) is 13.0 Å². The lowest BCUT2D eigenvalue weighted by molar-refractivity contribution is -0.117. The van der Waals surface area contributed by atoms with Gasteiger partial charge >= 0.3 is 0 Å². The van der Waals surface area contributed by atoms with Gasteiger partial charge in [-0.1, -0.05) is 12.1 Å². The number of rotatable bonds is 6. The van der Waals surface area contributed by atoms with Crippen LogP contribution in [0.2, 0.25) is 0 Å². The van der Waals surface area contributed by atoms with Crippen LogP contribution in [0.25, 0.3) is 10.9 Å². The highest BCUT2D eigenvalue weighted by molar-refractivity contribution is 6.12. The third-order valence-corrected chi connectivity index (χ3v) is 5.49. The van der Waals surface area contributed by atoms with Gasteiger partial charge in [0.05, 0.1) is 5.57 Å². The molecule has 2 N–H and O–H groups in total. The molecule has 3 heterocycles. The number of carbonyl (C=O) groups is 1. The van der Waals surface area contributed by atoms with Crippen molar-refractivity contribution in [1.82, 2.24) is 10.3 Å². The van der Waals surface area contributed by atoms with Crippen LogP contribution in [0.1, 0.15) is 30.5 Å². The number of carbonyl (C=O) groups excluding carboxylic acids is 1. The monoisotopic (exact) mass is 365 g/mol. The van der Waals surface area contributed by atoms with Crippen LogP contribution >= 0.6 is 0 Å². The third kappa shape index (κ3) is 4.48. The minimum absolute atomic E-state index is 0.0435. The molecule has 1 fully saturated rings. The van der Waals surface area contributed by atoms with E-state index in [4.69, 9.17) is 4.74 Å². The van der Waals surface area contributed by atoms with Crippen molar-refractivity contribution in [3.05, 3.63) is 47.2 Å². The van der Waals surface area contributed by atoms with E-state index in [0.29, 0.717) is 24.0 Å². The largest absolute Gasteiger partial charge is 0.381 e. The third-order valence-electron chi connectivity index (χ3n) is 5.49. The maximum Gasteiger partial charge on any atom is 0.252 e. The summed E-state index contributed by atoms with van der Waals surface area (Å²) < 4.78 is 5.45. The normalized spacial score (nSPS) is 22.2. The molecule has 5 heteroatoms. The number of dihydropyridines is 1. The van der Waals surface area contributed by atoms with Crippen LogP contribution in [0.4, 0.5) is 0 Å². The lowest BCUT2D eigenvalue weighted by Gasteiger charge is -2.17. The molecule has 1 saturated heterocycles. The number of fused-ring (bicyclic) bond motifs is 1. The number of nitrogens with zero attached hydrogens (tertiary/aromatic N) is 1. The SMILES string of the molecule is Cc1cc2cc(CNC(=O)C3=CC(CCC4CCOC4)CN=C3)ccc2[nH]1. The van der Waals surface area contributed by atoms with Crippen molar-refractivity contribution in [3.63, 3.8) is 0 Å². The van der Waals surface area contributed by atoms with Gasteiger partial charge in [0.1, 0.15) is 0 Å². The molecule has 1 amide bonds. The van der Waals surface area contributed by atoms with Gasteiger partial charge in [0.25, 0.3) is 5.91 Å². The summed E-state index contributed by atoms with van der Waals surface area (Å²) in [6, 6.07) is 8.36.